The third-order valence-corrected chi connectivity index (χ3v) is 5.13. The van der Waals surface area contributed by atoms with E-state index in [1.54, 1.807) is 18.2 Å². The van der Waals surface area contributed by atoms with Gasteiger partial charge in [-0.3, -0.25) is 4.79 Å². The van der Waals surface area contributed by atoms with E-state index in [-0.39, 0.29) is 30.2 Å². The summed E-state index contributed by atoms with van der Waals surface area (Å²) in [7, 11) is -3.46. The second-order valence-corrected chi connectivity index (χ2v) is 7.29. The van der Waals surface area contributed by atoms with Crippen LogP contribution < -0.4 is 5.32 Å². The smallest absolute Gasteiger partial charge is 0.221 e. The van der Waals surface area contributed by atoms with Crippen LogP contribution in [0.25, 0.3) is 0 Å². The second kappa shape index (κ2) is 6.55. The third kappa shape index (κ3) is 4.52. The molecule has 1 amide bonds. The summed E-state index contributed by atoms with van der Waals surface area (Å²) < 4.78 is 29.1. The monoisotopic (exact) mass is 313 g/mol. The van der Waals surface area contributed by atoms with Crippen LogP contribution in [0.4, 0.5) is 0 Å². The quantitative estimate of drug-likeness (QED) is 0.778. The topological polar surface area (TPSA) is 92.7 Å². The molecule has 2 N–H and O–H groups in total. The lowest BCUT2D eigenvalue weighted by atomic mass is 10.0. The van der Waals surface area contributed by atoms with E-state index in [9.17, 15) is 18.3 Å². The van der Waals surface area contributed by atoms with Crippen LogP contribution in [0.1, 0.15) is 12.8 Å². The van der Waals surface area contributed by atoms with Gasteiger partial charge in [0.05, 0.1) is 17.3 Å². The molecule has 1 fully saturated rings. The van der Waals surface area contributed by atoms with Gasteiger partial charge in [-0.05, 0) is 12.1 Å². The Morgan fingerprint density at radius 3 is 2.67 bits per heavy atom. The molecule has 7 heteroatoms. The van der Waals surface area contributed by atoms with E-state index in [0.717, 1.165) is 0 Å². The van der Waals surface area contributed by atoms with Crippen LogP contribution in [0.15, 0.2) is 35.2 Å². The Morgan fingerprint density at radius 1 is 1.33 bits per heavy atom. The van der Waals surface area contributed by atoms with E-state index in [1.807, 2.05) is 0 Å². The fourth-order valence-corrected chi connectivity index (χ4v) is 3.32. The molecule has 0 aliphatic carbocycles. The highest BCUT2D eigenvalue weighted by Gasteiger charge is 2.32. The first-order chi connectivity index (χ1) is 9.91. The van der Waals surface area contributed by atoms with Gasteiger partial charge in [0.15, 0.2) is 9.84 Å². The van der Waals surface area contributed by atoms with Gasteiger partial charge >= 0.3 is 0 Å². The van der Waals surface area contributed by atoms with Crippen molar-refractivity contribution in [2.45, 2.75) is 23.3 Å². The number of nitrogens with one attached hydrogen (secondary N) is 1. The predicted octanol–water partition coefficient (Wildman–Crippen LogP) is 0.118. The minimum absolute atomic E-state index is 0.0806. The van der Waals surface area contributed by atoms with Crippen molar-refractivity contribution in [2.24, 2.45) is 0 Å². The number of sulfone groups is 1. The summed E-state index contributed by atoms with van der Waals surface area (Å²) in [5.74, 6) is -0.646. The molecule has 1 unspecified atom stereocenters. The molecule has 1 aromatic carbocycles. The Balaban J connectivity index is 1.81. The molecule has 0 bridgehead atoms. The molecule has 1 atom stereocenters. The van der Waals surface area contributed by atoms with Gasteiger partial charge in [0.1, 0.15) is 5.60 Å². The van der Waals surface area contributed by atoms with E-state index in [2.05, 4.69) is 5.32 Å². The number of benzene rings is 1. The second-order valence-electron chi connectivity index (χ2n) is 5.19. The van der Waals surface area contributed by atoms with Crippen LogP contribution in [0.3, 0.4) is 0 Å². The van der Waals surface area contributed by atoms with E-state index in [1.165, 1.54) is 12.1 Å². The van der Waals surface area contributed by atoms with Crippen LogP contribution in [0, 0.1) is 0 Å². The summed E-state index contributed by atoms with van der Waals surface area (Å²) in [5.41, 5.74) is -1.03. The zero-order chi connectivity index (χ0) is 15.3. The highest BCUT2D eigenvalue weighted by molar-refractivity contribution is 7.91. The molecule has 1 aromatic rings. The zero-order valence-electron chi connectivity index (χ0n) is 11.6. The maximum atomic E-state index is 12.0. The molecular formula is C14H19NO5S. The van der Waals surface area contributed by atoms with Crippen molar-refractivity contribution in [1.82, 2.24) is 5.32 Å². The van der Waals surface area contributed by atoms with E-state index in [0.29, 0.717) is 13.0 Å². The van der Waals surface area contributed by atoms with Crippen LogP contribution in [0.5, 0.6) is 0 Å². The lowest BCUT2D eigenvalue weighted by Crippen LogP contribution is -2.43. The van der Waals surface area contributed by atoms with Crippen LogP contribution in [-0.4, -0.2) is 50.5 Å². The molecule has 1 heterocycles. The van der Waals surface area contributed by atoms with Crippen molar-refractivity contribution >= 4 is 15.7 Å². The fraction of sp³-hybridized carbons (Fsp3) is 0.500. The number of amides is 1. The normalized spacial score (nSPS) is 22.1. The number of carbonyl (C=O) groups excluding carboxylic acids is 1. The molecule has 21 heavy (non-hydrogen) atoms. The number of aliphatic hydroxyl groups is 1. The van der Waals surface area contributed by atoms with E-state index < -0.39 is 21.3 Å². The molecule has 1 aliphatic rings. The van der Waals surface area contributed by atoms with E-state index >= 15 is 0 Å². The maximum absolute atomic E-state index is 12.0. The molecule has 6 nitrogen and oxygen atoms in total. The van der Waals surface area contributed by atoms with Gasteiger partial charge in [0.25, 0.3) is 0 Å². The van der Waals surface area contributed by atoms with E-state index in [4.69, 9.17) is 4.74 Å². The van der Waals surface area contributed by atoms with Gasteiger partial charge in [-0.15, -0.1) is 0 Å². The standard InChI is InChI=1S/C14H19NO5S/c16-13(15-10-14(17)7-8-20-11-14)6-9-21(18,19)12-4-2-1-3-5-12/h1-5,17H,6-11H2,(H,15,16). The fourth-order valence-electron chi connectivity index (χ4n) is 2.06. The Kier molecular flexibility index (Phi) is 4.97. The SMILES string of the molecule is O=C(CCS(=O)(=O)c1ccccc1)NCC1(O)CCOC1. The molecule has 0 saturated carbocycles. The Labute approximate surface area is 124 Å². The first-order valence-corrected chi connectivity index (χ1v) is 8.41. The molecule has 0 spiro atoms. The molecule has 1 saturated heterocycles. The minimum Gasteiger partial charge on any atom is -0.386 e. The number of rotatable bonds is 6. The van der Waals surface area contributed by atoms with Gasteiger partial charge in [-0.1, -0.05) is 18.2 Å². The highest BCUT2D eigenvalue weighted by atomic mass is 32.2. The molecule has 0 aromatic heterocycles. The van der Waals surface area contributed by atoms with Crippen molar-refractivity contribution in [3.63, 3.8) is 0 Å². The van der Waals surface area contributed by atoms with Crippen molar-refractivity contribution in [3.05, 3.63) is 30.3 Å². The third-order valence-electron chi connectivity index (χ3n) is 3.40. The molecule has 1 aliphatic heterocycles. The van der Waals surface area contributed by atoms with Crippen LogP contribution in [0.2, 0.25) is 0 Å². The number of hydrogen-bond acceptors (Lipinski definition) is 5. The van der Waals surface area contributed by atoms with Crippen molar-refractivity contribution in [3.8, 4) is 0 Å². The minimum atomic E-state index is -3.46. The summed E-state index contributed by atoms with van der Waals surface area (Å²) in [6, 6.07) is 8.03. The average Bonchev–Trinajstić information content (AvgIpc) is 2.91. The number of carbonyl (C=O) groups is 1. The summed E-state index contributed by atoms with van der Waals surface area (Å²) >= 11 is 0. The van der Waals surface area contributed by atoms with Crippen molar-refractivity contribution in [1.29, 1.82) is 0 Å². The predicted molar refractivity (Wildman–Crippen MR) is 76.5 cm³/mol. The highest BCUT2D eigenvalue weighted by Crippen LogP contribution is 2.17. The van der Waals surface area contributed by atoms with Gasteiger partial charge in [-0.2, -0.15) is 0 Å². The summed E-state index contributed by atoms with van der Waals surface area (Å²) in [6.45, 7) is 0.738. The lowest BCUT2D eigenvalue weighted by molar-refractivity contribution is -0.122. The molecule has 2 rings (SSSR count). The van der Waals surface area contributed by atoms with Gasteiger partial charge < -0.3 is 15.2 Å². The Bertz CT molecular complexity index is 579. The molecule has 116 valence electrons. The first-order valence-electron chi connectivity index (χ1n) is 6.76. The first kappa shape index (κ1) is 15.9. The van der Waals surface area contributed by atoms with Crippen molar-refractivity contribution < 1.29 is 23.1 Å². The summed E-state index contributed by atoms with van der Waals surface area (Å²) in [5, 5.41) is 12.5. The molecule has 0 radical (unpaired) electrons. The molecular weight excluding hydrogens is 294 g/mol. The Hall–Kier alpha value is -1.44. The zero-order valence-corrected chi connectivity index (χ0v) is 12.4. The lowest BCUT2D eigenvalue weighted by Gasteiger charge is -2.20. The van der Waals surface area contributed by atoms with Crippen molar-refractivity contribution in [2.75, 3.05) is 25.5 Å². The van der Waals surface area contributed by atoms with Gasteiger partial charge in [-0.25, -0.2) is 8.42 Å². The number of ether oxygens (including phenoxy) is 1. The van der Waals surface area contributed by atoms with Gasteiger partial charge in [0.2, 0.25) is 5.91 Å². The van der Waals surface area contributed by atoms with Gasteiger partial charge in [0, 0.05) is 26.0 Å². The summed E-state index contributed by atoms with van der Waals surface area (Å²) in [4.78, 5) is 11.9. The Morgan fingerprint density at radius 2 is 2.05 bits per heavy atom. The summed E-state index contributed by atoms with van der Waals surface area (Å²) in [6.07, 6.45) is 0.337. The maximum Gasteiger partial charge on any atom is 0.221 e. The van der Waals surface area contributed by atoms with Crippen LogP contribution >= 0.6 is 0 Å². The largest absolute Gasteiger partial charge is 0.386 e. The number of hydrogen-bond donors (Lipinski definition) is 2. The van der Waals surface area contributed by atoms with Crippen LogP contribution in [-0.2, 0) is 19.4 Å². The average molecular weight is 313 g/mol.